The summed E-state index contributed by atoms with van der Waals surface area (Å²) in [7, 11) is 0. The van der Waals surface area contributed by atoms with Crippen molar-refractivity contribution < 1.29 is 8.78 Å². The van der Waals surface area contributed by atoms with Gasteiger partial charge in [0.25, 0.3) is 0 Å². The first kappa shape index (κ1) is 11.8. The predicted octanol–water partition coefficient (Wildman–Crippen LogP) is 3.32. The van der Waals surface area contributed by atoms with Crippen LogP contribution in [0.15, 0.2) is 12.1 Å². The summed E-state index contributed by atoms with van der Waals surface area (Å²) in [6.07, 6.45) is 5.70. The van der Waals surface area contributed by atoms with Crippen molar-refractivity contribution in [2.75, 3.05) is 17.2 Å². The van der Waals surface area contributed by atoms with Crippen LogP contribution in [0, 0.1) is 17.6 Å². The van der Waals surface area contributed by atoms with E-state index in [1.807, 2.05) is 4.90 Å². The van der Waals surface area contributed by atoms with E-state index >= 15 is 0 Å². The van der Waals surface area contributed by atoms with Gasteiger partial charge in [0.15, 0.2) is 11.6 Å². The number of benzene rings is 1. The molecule has 3 rings (SSSR count). The summed E-state index contributed by atoms with van der Waals surface area (Å²) in [5.74, 6) is -0.970. The lowest BCUT2D eigenvalue weighted by Gasteiger charge is -2.40. The maximum absolute atomic E-state index is 14.0. The highest BCUT2D eigenvalue weighted by Gasteiger charge is 2.37. The highest BCUT2D eigenvalue weighted by Crippen LogP contribution is 2.41. The van der Waals surface area contributed by atoms with Crippen molar-refractivity contribution >= 4 is 11.4 Å². The molecular formula is C14H18F2N2. The van der Waals surface area contributed by atoms with E-state index in [9.17, 15) is 8.78 Å². The highest BCUT2D eigenvalue weighted by atomic mass is 19.2. The average molecular weight is 252 g/mol. The van der Waals surface area contributed by atoms with Gasteiger partial charge in [0.2, 0.25) is 0 Å². The molecule has 2 fully saturated rings. The normalized spacial score (nSPS) is 27.3. The van der Waals surface area contributed by atoms with Crippen LogP contribution in [0.4, 0.5) is 20.2 Å². The summed E-state index contributed by atoms with van der Waals surface area (Å²) >= 11 is 0. The molecule has 0 spiro atoms. The molecule has 2 nitrogen and oxygen atoms in total. The second-order valence-electron chi connectivity index (χ2n) is 5.39. The largest absolute Gasteiger partial charge is 0.397 e. The number of nitrogens with zero attached hydrogens (tertiary/aromatic N) is 1. The number of halogens is 2. The van der Waals surface area contributed by atoms with Crippen LogP contribution in [0.2, 0.25) is 0 Å². The first-order chi connectivity index (χ1) is 8.68. The van der Waals surface area contributed by atoms with E-state index < -0.39 is 11.6 Å². The first-order valence-electron chi connectivity index (χ1n) is 6.68. The summed E-state index contributed by atoms with van der Waals surface area (Å²) < 4.78 is 27.4. The molecule has 2 N–H and O–H groups in total. The monoisotopic (exact) mass is 252 g/mol. The molecule has 1 aromatic rings. The van der Waals surface area contributed by atoms with Crippen molar-refractivity contribution in [3.05, 3.63) is 23.8 Å². The van der Waals surface area contributed by atoms with Gasteiger partial charge in [0.1, 0.15) is 0 Å². The fourth-order valence-corrected chi connectivity index (χ4v) is 3.58. The van der Waals surface area contributed by atoms with E-state index in [2.05, 4.69) is 0 Å². The standard InChI is InChI=1S/C14H18F2N2/c15-10-6-7-11(17)14(13(10)16)18-8-2-4-9-3-1-5-12(9)18/h6-7,9,12H,1-5,8,17H2. The van der Waals surface area contributed by atoms with E-state index in [0.29, 0.717) is 17.6 Å². The molecular weight excluding hydrogens is 234 g/mol. The Labute approximate surface area is 106 Å². The molecule has 1 saturated carbocycles. The first-order valence-corrected chi connectivity index (χ1v) is 6.68. The van der Waals surface area contributed by atoms with Crippen molar-refractivity contribution in [3.63, 3.8) is 0 Å². The molecule has 2 aliphatic rings. The zero-order valence-electron chi connectivity index (χ0n) is 10.3. The van der Waals surface area contributed by atoms with Crippen LogP contribution in [0.5, 0.6) is 0 Å². The van der Waals surface area contributed by atoms with E-state index in [0.717, 1.165) is 25.5 Å². The molecule has 1 aliphatic heterocycles. The molecule has 0 aromatic heterocycles. The number of rotatable bonds is 1. The summed E-state index contributed by atoms with van der Waals surface area (Å²) in [4.78, 5) is 2.01. The van der Waals surface area contributed by atoms with Crippen molar-refractivity contribution in [3.8, 4) is 0 Å². The zero-order valence-corrected chi connectivity index (χ0v) is 10.3. The Morgan fingerprint density at radius 2 is 1.89 bits per heavy atom. The van der Waals surface area contributed by atoms with Gasteiger partial charge in [-0.1, -0.05) is 6.42 Å². The number of nitrogens with two attached hydrogens (primary N) is 1. The van der Waals surface area contributed by atoms with Gasteiger partial charge in [-0.2, -0.15) is 0 Å². The van der Waals surface area contributed by atoms with Crippen LogP contribution in [0.1, 0.15) is 32.1 Å². The third kappa shape index (κ3) is 1.74. The van der Waals surface area contributed by atoms with Crippen LogP contribution in [0.25, 0.3) is 0 Å². The number of piperidine rings is 1. The van der Waals surface area contributed by atoms with Crippen LogP contribution in [-0.2, 0) is 0 Å². The fraction of sp³-hybridized carbons (Fsp3) is 0.571. The molecule has 1 aliphatic carbocycles. The van der Waals surface area contributed by atoms with Crippen molar-refractivity contribution in [1.82, 2.24) is 0 Å². The Bertz CT molecular complexity index is 461. The lowest BCUT2D eigenvalue weighted by atomic mass is 9.91. The molecule has 2 unspecified atom stereocenters. The Morgan fingerprint density at radius 3 is 2.72 bits per heavy atom. The van der Waals surface area contributed by atoms with E-state index in [4.69, 9.17) is 5.73 Å². The molecule has 4 heteroatoms. The molecule has 18 heavy (non-hydrogen) atoms. The van der Waals surface area contributed by atoms with Crippen LogP contribution >= 0.6 is 0 Å². The van der Waals surface area contributed by atoms with E-state index in [1.54, 1.807) is 0 Å². The van der Waals surface area contributed by atoms with Crippen molar-refractivity contribution in [2.45, 2.75) is 38.1 Å². The third-order valence-electron chi connectivity index (χ3n) is 4.38. The van der Waals surface area contributed by atoms with Gasteiger partial charge < -0.3 is 10.6 Å². The van der Waals surface area contributed by atoms with Gasteiger partial charge in [-0.05, 0) is 43.7 Å². The molecule has 1 heterocycles. The Balaban J connectivity index is 2.01. The van der Waals surface area contributed by atoms with Crippen LogP contribution < -0.4 is 10.6 Å². The lowest BCUT2D eigenvalue weighted by molar-refractivity contribution is 0.358. The number of hydrogen-bond donors (Lipinski definition) is 1. The average Bonchev–Trinajstić information content (AvgIpc) is 2.83. The maximum Gasteiger partial charge on any atom is 0.184 e. The van der Waals surface area contributed by atoms with Gasteiger partial charge in [-0.25, -0.2) is 8.78 Å². The van der Waals surface area contributed by atoms with Gasteiger partial charge >= 0.3 is 0 Å². The molecule has 98 valence electrons. The molecule has 2 atom stereocenters. The SMILES string of the molecule is Nc1ccc(F)c(F)c1N1CCCC2CCCC21. The molecule has 0 bridgehead atoms. The smallest absolute Gasteiger partial charge is 0.184 e. The number of fused-ring (bicyclic) bond motifs is 1. The van der Waals surface area contributed by atoms with E-state index in [1.165, 1.54) is 25.3 Å². The quantitative estimate of drug-likeness (QED) is 0.777. The highest BCUT2D eigenvalue weighted by molar-refractivity contribution is 5.69. The molecule has 1 saturated heterocycles. The van der Waals surface area contributed by atoms with Crippen molar-refractivity contribution in [1.29, 1.82) is 0 Å². The minimum atomic E-state index is -0.806. The second kappa shape index (κ2) is 4.41. The fourth-order valence-electron chi connectivity index (χ4n) is 3.58. The molecule has 0 amide bonds. The topological polar surface area (TPSA) is 29.3 Å². The van der Waals surface area contributed by atoms with Crippen LogP contribution in [-0.4, -0.2) is 12.6 Å². The number of hydrogen-bond acceptors (Lipinski definition) is 2. The Morgan fingerprint density at radius 1 is 1.11 bits per heavy atom. The number of anilines is 2. The summed E-state index contributed by atoms with van der Waals surface area (Å²) in [6.45, 7) is 0.783. The van der Waals surface area contributed by atoms with Crippen molar-refractivity contribution in [2.24, 2.45) is 5.92 Å². The van der Waals surface area contributed by atoms with E-state index in [-0.39, 0.29) is 5.69 Å². The van der Waals surface area contributed by atoms with Gasteiger partial charge in [0.05, 0.1) is 11.4 Å². The Hall–Kier alpha value is -1.32. The zero-order chi connectivity index (χ0) is 12.7. The van der Waals surface area contributed by atoms with Gasteiger partial charge in [0, 0.05) is 12.6 Å². The van der Waals surface area contributed by atoms with Gasteiger partial charge in [-0.3, -0.25) is 0 Å². The minimum absolute atomic E-state index is 0.284. The number of nitrogen functional groups attached to an aromatic ring is 1. The van der Waals surface area contributed by atoms with Gasteiger partial charge in [-0.15, -0.1) is 0 Å². The maximum atomic E-state index is 14.0. The molecule has 1 aromatic carbocycles. The molecule has 0 radical (unpaired) electrons. The predicted molar refractivity (Wildman–Crippen MR) is 68.5 cm³/mol. The lowest BCUT2D eigenvalue weighted by Crippen LogP contribution is -2.43. The summed E-state index contributed by atoms with van der Waals surface area (Å²) in [5, 5.41) is 0. The summed E-state index contributed by atoms with van der Waals surface area (Å²) in [5.41, 5.74) is 6.49. The second-order valence-corrected chi connectivity index (χ2v) is 5.39. The minimum Gasteiger partial charge on any atom is -0.397 e. The third-order valence-corrected chi connectivity index (χ3v) is 4.38. The summed E-state index contributed by atoms with van der Waals surface area (Å²) in [6, 6.07) is 2.91. The Kier molecular flexibility index (Phi) is 2.88. The van der Waals surface area contributed by atoms with Crippen LogP contribution in [0.3, 0.4) is 0 Å².